The van der Waals surface area contributed by atoms with E-state index in [1.54, 1.807) is 0 Å². The molecule has 0 N–H and O–H groups in total. The zero-order valence-electron chi connectivity index (χ0n) is 17.3. The summed E-state index contributed by atoms with van der Waals surface area (Å²) in [7, 11) is 0. The maximum Gasteiger partial charge on any atom is 0.0713 e. The van der Waals surface area contributed by atoms with Crippen LogP contribution in [0.3, 0.4) is 0 Å². The molecule has 4 aromatic carbocycles. The minimum Gasteiger partial charge on any atom is -0.0619 e. The summed E-state index contributed by atoms with van der Waals surface area (Å²) in [6.07, 6.45) is 0. The summed E-state index contributed by atoms with van der Waals surface area (Å²) in [6.45, 7) is 6.67. The third kappa shape index (κ3) is 2.59. The lowest BCUT2D eigenvalue weighted by atomic mass is 9.67. The van der Waals surface area contributed by atoms with Gasteiger partial charge in [0.25, 0.3) is 0 Å². The van der Waals surface area contributed by atoms with E-state index in [0.29, 0.717) is 5.92 Å². The third-order valence-electron chi connectivity index (χ3n) is 6.45. The van der Waals surface area contributed by atoms with Crippen LogP contribution in [0.1, 0.15) is 53.1 Å². The SMILES string of the molecule is Cc1ccc(C2(c3ccc(C(C)C)cc3)c3ccccc3-c3ccccc32)cc1. The highest BCUT2D eigenvalue weighted by atomic mass is 14.5. The molecule has 142 valence electrons. The zero-order chi connectivity index (χ0) is 20.0. The molecule has 0 radical (unpaired) electrons. The molecule has 0 atom stereocenters. The van der Waals surface area contributed by atoms with Gasteiger partial charge in [0, 0.05) is 0 Å². The van der Waals surface area contributed by atoms with E-state index < -0.39 is 0 Å². The molecule has 0 amide bonds. The summed E-state index contributed by atoms with van der Waals surface area (Å²) in [5, 5.41) is 0. The van der Waals surface area contributed by atoms with E-state index in [2.05, 4.69) is 118 Å². The standard InChI is InChI=1S/C29H26/c1-20(2)22-14-18-24(19-15-22)29(23-16-12-21(3)13-17-23)27-10-6-4-8-25(27)26-9-5-7-11-28(26)29/h4-20H,1-3H3. The second-order valence-electron chi connectivity index (χ2n) is 8.48. The molecule has 0 aromatic heterocycles. The largest absolute Gasteiger partial charge is 0.0713 e. The molecule has 29 heavy (non-hydrogen) atoms. The first-order valence-electron chi connectivity index (χ1n) is 10.5. The highest BCUT2D eigenvalue weighted by Crippen LogP contribution is 2.55. The monoisotopic (exact) mass is 374 g/mol. The van der Waals surface area contributed by atoms with Crippen LogP contribution < -0.4 is 0 Å². The van der Waals surface area contributed by atoms with Crippen molar-refractivity contribution < 1.29 is 0 Å². The molecule has 0 unspecified atom stereocenters. The minimum absolute atomic E-state index is 0.281. The molecular weight excluding hydrogens is 348 g/mol. The Morgan fingerprint density at radius 2 is 1.00 bits per heavy atom. The molecule has 1 aliphatic carbocycles. The Labute approximate surface area is 173 Å². The van der Waals surface area contributed by atoms with Crippen LogP contribution in [0.25, 0.3) is 11.1 Å². The van der Waals surface area contributed by atoms with Crippen LogP contribution in [0.4, 0.5) is 0 Å². The second kappa shape index (κ2) is 6.74. The van der Waals surface area contributed by atoms with Crippen molar-refractivity contribution in [2.24, 2.45) is 0 Å². The number of aryl methyl sites for hydroxylation is 1. The van der Waals surface area contributed by atoms with Crippen molar-refractivity contribution >= 4 is 0 Å². The van der Waals surface area contributed by atoms with E-state index in [9.17, 15) is 0 Å². The lowest BCUT2D eigenvalue weighted by Gasteiger charge is -2.34. The van der Waals surface area contributed by atoms with Gasteiger partial charge in [-0.05, 0) is 51.8 Å². The van der Waals surface area contributed by atoms with Crippen molar-refractivity contribution in [1.29, 1.82) is 0 Å². The van der Waals surface area contributed by atoms with Crippen molar-refractivity contribution in [2.45, 2.75) is 32.1 Å². The summed E-state index contributed by atoms with van der Waals surface area (Å²) in [5.74, 6) is 0.530. The lowest BCUT2D eigenvalue weighted by molar-refractivity contribution is 0.764. The molecule has 5 rings (SSSR count). The predicted molar refractivity (Wildman–Crippen MR) is 123 cm³/mol. The fraction of sp³-hybridized carbons (Fsp3) is 0.172. The van der Waals surface area contributed by atoms with E-state index >= 15 is 0 Å². The van der Waals surface area contributed by atoms with E-state index in [4.69, 9.17) is 0 Å². The van der Waals surface area contributed by atoms with Gasteiger partial charge in [0.15, 0.2) is 0 Å². The van der Waals surface area contributed by atoms with Crippen LogP contribution in [-0.2, 0) is 5.41 Å². The quantitative estimate of drug-likeness (QED) is 0.307. The molecule has 0 nitrogen and oxygen atoms in total. The Morgan fingerprint density at radius 3 is 1.48 bits per heavy atom. The Bertz CT molecular complexity index is 1120. The first-order valence-corrected chi connectivity index (χ1v) is 10.5. The molecule has 0 spiro atoms. The molecule has 0 saturated heterocycles. The zero-order valence-corrected chi connectivity index (χ0v) is 17.3. The Hall–Kier alpha value is -3.12. The normalized spacial score (nSPS) is 13.9. The van der Waals surface area contributed by atoms with Crippen molar-refractivity contribution in [2.75, 3.05) is 0 Å². The number of benzene rings is 4. The van der Waals surface area contributed by atoms with E-state index in [1.807, 2.05) is 0 Å². The Morgan fingerprint density at radius 1 is 0.552 bits per heavy atom. The summed E-state index contributed by atoms with van der Waals surface area (Å²) >= 11 is 0. The summed E-state index contributed by atoms with van der Waals surface area (Å²) in [6, 6.07) is 36.2. The van der Waals surface area contributed by atoms with E-state index in [0.717, 1.165) is 0 Å². The predicted octanol–water partition coefficient (Wildman–Crippen LogP) is 7.48. The molecule has 1 aliphatic rings. The van der Waals surface area contributed by atoms with E-state index in [1.165, 1.54) is 44.5 Å². The van der Waals surface area contributed by atoms with Crippen molar-refractivity contribution in [1.82, 2.24) is 0 Å². The smallest absolute Gasteiger partial charge is 0.0619 e. The Kier molecular flexibility index (Phi) is 4.17. The van der Waals surface area contributed by atoms with E-state index in [-0.39, 0.29) is 5.41 Å². The maximum atomic E-state index is 2.34. The van der Waals surface area contributed by atoms with Gasteiger partial charge >= 0.3 is 0 Å². The molecule has 0 heterocycles. The average molecular weight is 375 g/mol. The minimum atomic E-state index is -0.281. The van der Waals surface area contributed by atoms with Crippen molar-refractivity contribution in [3.8, 4) is 11.1 Å². The highest BCUT2D eigenvalue weighted by Gasteiger charge is 2.45. The van der Waals surface area contributed by atoms with Gasteiger partial charge in [0.05, 0.1) is 5.41 Å². The van der Waals surface area contributed by atoms with Crippen LogP contribution in [0.15, 0.2) is 97.1 Å². The van der Waals surface area contributed by atoms with Crippen LogP contribution in [0.2, 0.25) is 0 Å². The van der Waals surface area contributed by atoms with Crippen LogP contribution in [0, 0.1) is 6.92 Å². The van der Waals surface area contributed by atoms with Gasteiger partial charge in [-0.25, -0.2) is 0 Å². The number of hydrogen-bond donors (Lipinski definition) is 0. The number of hydrogen-bond acceptors (Lipinski definition) is 0. The second-order valence-corrected chi connectivity index (χ2v) is 8.48. The van der Waals surface area contributed by atoms with Gasteiger partial charge in [-0.15, -0.1) is 0 Å². The summed E-state index contributed by atoms with van der Waals surface area (Å²) in [5.41, 5.74) is 10.5. The van der Waals surface area contributed by atoms with Gasteiger partial charge < -0.3 is 0 Å². The topological polar surface area (TPSA) is 0 Å². The van der Waals surface area contributed by atoms with Crippen molar-refractivity contribution in [3.63, 3.8) is 0 Å². The molecule has 0 saturated carbocycles. The maximum absolute atomic E-state index is 2.34. The van der Waals surface area contributed by atoms with Crippen LogP contribution >= 0.6 is 0 Å². The fourth-order valence-electron chi connectivity index (χ4n) is 4.95. The molecule has 4 aromatic rings. The van der Waals surface area contributed by atoms with Crippen LogP contribution in [-0.4, -0.2) is 0 Å². The van der Waals surface area contributed by atoms with Crippen LogP contribution in [0.5, 0.6) is 0 Å². The molecular formula is C29H26. The average Bonchev–Trinajstić information content (AvgIpc) is 3.06. The van der Waals surface area contributed by atoms with Gasteiger partial charge in [-0.1, -0.05) is 116 Å². The third-order valence-corrected chi connectivity index (χ3v) is 6.45. The Balaban J connectivity index is 1.88. The number of fused-ring (bicyclic) bond motifs is 3. The number of rotatable bonds is 3. The fourth-order valence-corrected chi connectivity index (χ4v) is 4.95. The molecule has 0 fully saturated rings. The first kappa shape index (κ1) is 17.9. The highest BCUT2D eigenvalue weighted by molar-refractivity contribution is 5.86. The van der Waals surface area contributed by atoms with Gasteiger partial charge in [0.1, 0.15) is 0 Å². The van der Waals surface area contributed by atoms with Gasteiger partial charge in [0.2, 0.25) is 0 Å². The van der Waals surface area contributed by atoms with Crippen molar-refractivity contribution in [3.05, 3.63) is 130 Å². The molecule has 0 bridgehead atoms. The molecule has 0 heteroatoms. The van der Waals surface area contributed by atoms with Gasteiger partial charge in [-0.2, -0.15) is 0 Å². The summed E-state index contributed by atoms with van der Waals surface area (Å²) in [4.78, 5) is 0. The first-order chi connectivity index (χ1) is 14.1. The summed E-state index contributed by atoms with van der Waals surface area (Å²) < 4.78 is 0. The lowest BCUT2D eigenvalue weighted by Crippen LogP contribution is -2.28. The van der Waals surface area contributed by atoms with Gasteiger partial charge in [-0.3, -0.25) is 0 Å². The molecule has 0 aliphatic heterocycles.